The number of alkyl carbamates (subject to hydrolysis) is 1. The normalized spacial score (nSPS) is 10.5. The number of esters is 2. The first kappa shape index (κ1) is 84.3. The van der Waals surface area contributed by atoms with E-state index in [0.717, 1.165) is 86.0 Å². The molecule has 0 spiro atoms. The van der Waals surface area contributed by atoms with Crippen molar-refractivity contribution in [2.75, 3.05) is 47.4 Å². The van der Waals surface area contributed by atoms with Gasteiger partial charge in [-0.15, -0.1) is 0 Å². The second-order valence-electron chi connectivity index (χ2n) is 23.4. The summed E-state index contributed by atoms with van der Waals surface area (Å²) < 4.78 is 181. The summed E-state index contributed by atoms with van der Waals surface area (Å²) in [6.07, 6.45) is -0.801. The molecule has 0 aliphatic rings. The van der Waals surface area contributed by atoms with Crippen LogP contribution in [0.2, 0.25) is 0 Å². The highest BCUT2D eigenvalue weighted by Gasteiger charge is 2.30. The van der Waals surface area contributed by atoms with Crippen LogP contribution in [0.4, 0.5) is 118 Å². The van der Waals surface area contributed by atoms with Gasteiger partial charge in [-0.25, -0.2) is 116 Å². The smallest absolute Gasteiger partial charge is 0.407 e. The Bertz CT molecular complexity index is 5470. The minimum Gasteiger partial charge on any atom is -0.465 e. The van der Waals surface area contributed by atoms with E-state index in [1.54, 1.807) is 0 Å². The number of nitrogens with one attached hydrogen (secondary N) is 2. The molecule has 0 saturated carbocycles. The average molecular weight is 1590 g/mol. The molecule has 0 radical (unpaired) electrons. The van der Waals surface area contributed by atoms with Crippen molar-refractivity contribution in [1.82, 2.24) is 25.3 Å². The predicted molar refractivity (Wildman–Crippen MR) is 396 cm³/mol. The van der Waals surface area contributed by atoms with E-state index in [1.807, 2.05) is 0 Å². The van der Waals surface area contributed by atoms with Crippen LogP contribution in [0, 0.1) is 69.8 Å². The molecule has 0 aliphatic heterocycles. The quantitative estimate of drug-likeness (QED) is 0.0225. The monoisotopic (exact) mass is 1590 g/mol. The van der Waals surface area contributed by atoms with Gasteiger partial charge in [0.25, 0.3) is 0 Å². The highest BCUT2D eigenvalue weighted by Crippen LogP contribution is 2.38. The van der Waals surface area contributed by atoms with E-state index in [4.69, 9.17) is 36.5 Å². The van der Waals surface area contributed by atoms with Crippen LogP contribution in [-0.4, -0.2) is 93.6 Å². The van der Waals surface area contributed by atoms with Gasteiger partial charge in [0.2, 0.25) is 0 Å². The van der Waals surface area contributed by atoms with Gasteiger partial charge in [-0.1, -0.05) is 30.3 Å². The number of rotatable bonds is 19. The van der Waals surface area contributed by atoms with Gasteiger partial charge in [-0.05, 0) is 188 Å². The SMILES string of the molecule is COC(=O)c1ccc(N(C(N)=O)c2c(F)cccc2F)nc1-c1ccc(F)cc1.COC(=O)c1ccc(Nc2c(F)cccc2F)nc1-c1ccc(F)cc1.NC(=O)N(c1ccc(CO)c(-c2ccc(F)cc2)n1)c1c(F)cccc1F.NC(=O)N(c1ccc(COC(=O)NCCO)c(-c2ccc(F)cc2)n1)c1c(F)cccc1F. The first-order valence-corrected chi connectivity index (χ1v) is 33.2. The molecule has 23 nitrogen and oxygen atoms in total. The van der Waals surface area contributed by atoms with E-state index in [-0.39, 0.29) is 89.2 Å². The minimum atomic E-state index is -1.20. The first-order valence-electron chi connectivity index (χ1n) is 33.2. The topological polar surface area (TPSA) is 334 Å². The molecular weight excluding hydrogens is 1530 g/mol. The number of hydrogen-bond donors (Lipinski definition) is 7. The van der Waals surface area contributed by atoms with Crippen molar-refractivity contribution in [2.24, 2.45) is 17.2 Å². The van der Waals surface area contributed by atoms with Gasteiger partial charge in [0.05, 0.1) is 61.3 Å². The molecule has 0 saturated heterocycles. The Labute approximate surface area is 644 Å². The third-order valence-corrected chi connectivity index (χ3v) is 15.9. The Hall–Kier alpha value is -14.7. The lowest BCUT2D eigenvalue weighted by atomic mass is 10.1. The maximum absolute atomic E-state index is 14.4. The van der Waals surface area contributed by atoms with Crippen LogP contribution in [0.25, 0.3) is 45.0 Å². The number of amides is 7. The number of pyridine rings is 4. The van der Waals surface area contributed by atoms with Crippen molar-refractivity contribution in [1.29, 1.82) is 0 Å². The number of methoxy groups -OCH3 is 2. The Morgan fingerprint density at radius 1 is 0.374 bits per heavy atom. The Kier molecular flexibility index (Phi) is 28.4. The van der Waals surface area contributed by atoms with E-state index in [0.29, 0.717) is 48.1 Å². The number of para-hydroxylation sites is 4. The standard InChI is InChI=1S/C22H19F3N4O4.C20H14F3N3O3.C19H14F3N3O2.C19H13F3N2O2/c23-15-7-4-13(5-8-15)19-14(12-33-22(32)27-10-11-30)6-9-18(28-19)29(21(26)31)20-16(24)2-1-3-17(20)25;1-29-19(27)13-9-10-16(25-17(13)11-5-7-12(21)8-6-11)26(20(24)28)18-14(22)3-2-4-15(18)23;20-13-7-4-11(5-8-13)17-12(10-26)6-9-16(24-17)25(19(23)27)18-14(21)2-1-3-15(18)22;1-26-19(25)13-9-10-16(24-18-14(21)3-2-4-15(18)22)23-17(13)11-5-7-12(20)8-6-11/h1-9,30H,10-12H2,(H2,26,31)(H,27,32);2-10H,1H3,(H2,24,28);1-9,26H,10H2,(H2,23,27);2-10H,1H3,(H,23,24). The summed E-state index contributed by atoms with van der Waals surface area (Å²) in [4.78, 5) is 90.6. The van der Waals surface area contributed by atoms with Crippen molar-refractivity contribution in [3.05, 3.63) is 310 Å². The van der Waals surface area contributed by atoms with Crippen LogP contribution >= 0.6 is 0 Å². The summed E-state index contributed by atoms with van der Waals surface area (Å²) in [5, 5.41) is 23.2. The second kappa shape index (κ2) is 38.8. The molecule has 10 N–H and O–H groups in total. The van der Waals surface area contributed by atoms with Gasteiger partial charge in [0.15, 0.2) is 0 Å². The number of ether oxygens (including phenoxy) is 3. The molecule has 115 heavy (non-hydrogen) atoms. The average Bonchev–Trinajstić information content (AvgIpc) is 0.793. The first-order chi connectivity index (χ1) is 55.0. The molecule has 590 valence electrons. The van der Waals surface area contributed by atoms with E-state index >= 15 is 0 Å². The zero-order chi connectivity index (χ0) is 83.3. The van der Waals surface area contributed by atoms with E-state index in [2.05, 4.69) is 30.6 Å². The van der Waals surface area contributed by atoms with Crippen LogP contribution < -0.4 is 42.5 Å². The number of hydrogen-bond acceptors (Lipinski definition) is 16. The Balaban J connectivity index is 0.000000176. The minimum absolute atomic E-state index is 0.00119. The molecule has 4 heterocycles. The lowest BCUT2D eigenvalue weighted by Crippen LogP contribution is -2.33. The summed E-state index contributed by atoms with van der Waals surface area (Å²) in [5.74, 6) is -11.5. The zero-order valence-electron chi connectivity index (χ0n) is 59.6. The molecule has 35 heteroatoms. The van der Waals surface area contributed by atoms with Crippen LogP contribution in [0.15, 0.2) is 218 Å². The third kappa shape index (κ3) is 20.8. The molecule has 0 aliphatic carbocycles. The molecule has 4 aromatic heterocycles. The molecule has 8 aromatic carbocycles. The molecule has 0 fully saturated rings. The molecule has 0 bridgehead atoms. The number of aliphatic hydroxyl groups excluding tert-OH is 2. The summed E-state index contributed by atoms with van der Waals surface area (Å²) in [5.41, 5.74) is 16.6. The number of primary amides is 3. The van der Waals surface area contributed by atoms with Crippen molar-refractivity contribution in [3.8, 4) is 45.0 Å². The van der Waals surface area contributed by atoms with Crippen molar-refractivity contribution in [3.63, 3.8) is 0 Å². The summed E-state index contributed by atoms with van der Waals surface area (Å²) in [6.45, 7) is -0.948. The maximum Gasteiger partial charge on any atom is 0.407 e. The summed E-state index contributed by atoms with van der Waals surface area (Å²) in [7, 11) is 2.38. The fourth-order valence-corrected chi connectivity index (χ4v) is 10.7. The maximum atomic E-state index is 14.4. The van der Waals surface area contributed by atoms with E-state index in [1.165, 1.54) is 147 Å². The van der Waals surface area contributed by atoms with Crippen molar-refractivity contribution in [2.45, 2.75) is 13.2 Å². The second-order valence-corrected chi connectivity index (χ2v) is 23.4. The molecule has 0 unspecified atom stereocenters. The largest absolute Gasteiger partial charge is 0.465 e. The highest BCUT2D eigenvalue weighted by atomic mass is 19.2. The summed E-state index contributed by atoms with van der Waals surface area (Å²) >= 11 is 0. The van der Waals surface area contributed by atoms with Crippen LogP contribution in [0.5, 0.6) is 0 Å². The van der Waals surface area contributed by atoms with E-state index < -0.39 is 123 Å². The number of halogens is 12. The number of carbonyl (C=O) groups excluding carboxylic acids is 6. The fourth-order valence-electron chi connectivity index (χ4n) is 10.7. The predicted octanol–water partition coefficient (Wildman–Crippen LogP) is 16.3. The van der Waals surface area contributed by atoms with Crippen molar-refractivity contribution < 1.29 is 106 Å². The number of benzene rings is 8. The van der Waals surface area contributed by atoms with Gasteiger partial charge in [-0.3, -0.25) is 0 Å². The van der Waals surface area contributed by atoms with Crippen molar-refractivity contribution >= 4 is 82.1 Å². The molecule has 7 amide bonds. The number of nitrogens with two attached hydrogens (primary N) is 3. The highest BCUT2D eigenvalue weighted by molar-refractivity contribution is 6.02. The number of aromatic nitrogens is 4. The van der Waals surface area contributed by atoms with Crippen LogP contribution in [-0.2, 0) is 27.4 Å². The Morgan fingerprint density at radius 2 is 0.678 bits per heavy atom. The van der Waals surface area contributed by atoms with Gasteiger partial charge >= 0.3 is 36.1 Å². The molecule has 0 atom stereocenters. The van der Waals surface area contributed by atoms with Crippen LogP contribution in [0.3, 0.4) is 0 Å². The Morgan fingerprint density at radius 3 is 1.02 bits per heavy atom. The number of aliphatic hydroxyl groups is 2. The van der Waals surface area contributed by atoms with Gasteiger partial charge < -0.3 is 52.3 Å². The van der Waals surface area contributed by atoms with Gasteiger partial charge in [-0.2, -0.15) is 0 Å². The third-order valence-electron chi connectivity index (χ3n) is 15.9. The lowest BCUT2D eigenvalue weighted by molar-refractivity contribution is 0.0592. The zero-order valence-corrected chi connectivity index (χ0v) is 59.6. The summed E-state index contributed by atoms with van der Waals surface area (Å²) in [6, 6.07) is 40.6. The molecule has 12 rings (SSSR count). The van der Waals surface area contributed by atoms with Gasteiger partial charge in [0, 0.05) is 39.9 Å². The number of carbonyl (C=O) groups is 6. The number of urea groups is 3. The fraction of sp³-hybridized carbons (Fsp3) is 0.0750. The molecule has 12 aromatic rings. The molecular formula is C80H60F12N12O11. The number of nitrogens with zero attached hydrogens (tertiary/aromatic N) is 7. The lowest BCUT2D eigenvalue weighted by Gasteiger charge is -2.22. The number of anilines is 8. The van der Waals surface area contributed by atoms with Crippen LogP contribution in [0.1, 0.15) is 31.8 Å². The van der Waals surface area contributed by atoms with Gasteiger partial charge in [0.1, 0.15) is 122 Å². The van der Waals surface area contributed by atoms with E-state index in [9.17, 15) is 86.6 Å².